The van der Waals surface area contributed by atoms with E-state index >= 15 is 0 Å². The van der Waals surface area contributed by atoms with Crippen LogP contribution in [0.2, 0.25) is 5.02 Å². The van der Waals surface area contributed by atoms with Crippen LogP contribution in [-0.2, 0) is 9.53 Å². The van der Waals surface area contributed by atoms with E-state index in [2.05, 4.69) is 5.32 Å². The van der Waals surface area contributed by atoms with Crippen molar-refractivity contribution in [2.75, 3.05) is 11.9 Å². The fourth-order valence-corrected chi connectivity index (χ4v) is 2.61. The highest BCUT2D eigenvalue weighted by Crippen LogP contribution is 2.26. The van der Waals surface area contributed by atoms with Crippen molar-refractivity contribution in [3.63, 3.8) is 0 Å². The van der Waals surface area contributed by atoms with Gasteiger partial charge >= 0.3 is 5.97 Å². The average Bonchev–Trinajstić information content (AvgIpc) is 2.62. The zero-order valence-electron chi connectivity index (χ0n) is 15.0. The molecule has 0 unspecified atom stereocenters. The van der Waals surface area contributed by atoms with Crippen LogP contribution in [0.25, 0.3) is 0 Å². The summed E-state index contributed by atoms with van der Waals surface area (Å²) in [5, 5.41) is 3.27. The second-order valence-corrected chi connectivity index (χ2v) is 6.04. The Labute approximate surface area is 158 Å². The summed E-state index contributed by atoms with van der Waals surface area (Å²) in [7, 11) is 0. The van der Waals surface area contributed by atoms with E-state index in [9.17, 15) is 9.59 Å². The summed E-state index contributed by atoms with van der Waals surface area (Å²) >= 11 is 6.09. The van der Waals surface area contributed by atoms with Gasteiger partial charge in [0.15, 0.2) is 6.10 Å². The quantitative estimate of drug-likeness (QED) is 0.717. The summed E-state index contributed by atoms with van der Waals surface area (Å²) in [6.07, 6.45) is -0.242. The van der Waals surface area contributed by atoms with Gasteiger partial charge in [-0.1, -0.05) is 36.7 Å². The molecule has 26 heavy (non-hydrogen) atoms. The molecular formula is C20H22ClNO4. The molecule has 0 spiro atoms. The van der Waals surface area contributed by atoms with Gasteiger partial charge in [0.05, 0.1) is 17.2 Å². The second kappa shape index (κ2) is 9.25. The number of hydrogen-bond acceptors (Lipinski definition) is 4. The van der Waals surface area contributed by atoms with Crippen molar-refractivity contribution in [2.45, 2.75) is 33.3 Å². The van der Waals surface area contributed by atoms with Crippen molar-refractivity contribution in [1.82, 2.24) is 0 Å². The number of hydrogen-bond donors (Lipinski definition) is 1. The number of ether oxygens (including phenoxy) is 2. The Morgan fingerprint density at radius 1 is 1.12 bits per heavy atom. The van der Waals surface area contributed by atoms with Crippen molar-refractivity contribution >= 4 is 29.2 Å². The van der Waals surface area contributed by atoms with Gasteiger partial charge in [0.2, 0.25) is 0 Å². The minimum Gasteiger partial charge on any atom is -0.479 e. The summed E-state index contributed by atoms with van der Waals surface area (Å²) in [5.74, 6) is -0.273. The minimum absolute atomic E-state index is 0.290. The molecular weight excluding hydrogens is 354 g/mol. The molecule has 0 saturated carbocycles. The fraction of sp³-hybridized carbons (Fsp3) is 0.300. The smallest absolute Gasteiger partial charge is 0.338 e. The van der Waals surface area contributed by atoms with Gasteiger partial charge in [0.1, 0.15) is 5.75 Å². The van der Waals surface area contributed by atoms with Crippen LogP contribution in [0.3, 0.4) is 0 Å². The summed E-state index contributed by atoms with van der Waals surface area (Å²) in [6, 6.07) is 12.1. The molecule has 2 rings (SSSR count). The number of para-hydroxylation sites is 1. The van der Waals surface area contributed by atoms with Gasteiger partial charge in [-0.2, -0.15) is 0 Å². The molecule has 138 valence electrons. The molecule has 6 heteroatoms. The van der Waals surface area contributed by atoms with Crippen molar-refractivity contribution < 1.29 is 19.1 Å². The predicted octanol–water partition coefficient (Wildman–Crippen LogP) is 4.62. The third kappa shape index (κ3) is 4.76. The lowest BCUT2D eigenvalue weighted by molar-refractivity contribution is -0.122. The van der Waals surface area contributed by atoms with E-state index in [0.29, 0.717) is 40.6 Å². The fourth-order valence-electron chi connectivity index (χ4n) is 2.43. The summed E-state index contributed by atoms with van der Waals surface area (Å²) in [5.41, 5.74) is 1.61. The molecule has 0 saturated heterocycles. The normalized spacial score (nSPS) is 11.5. The first-order valence-electron chi connectivity index (χ1n) is 8.46. The largest absolute Gasteiger partial charge is 0.479 e. The number of rotatable bonds is 7. The van der Waals surface area contributed by atoms with E-state index in [1.165, 1.54) is 0 Å². The number of esters is 1. The lowest BCUT2D eigenvalue weighted by atomic mass is 10.1. The Balaban J connectivity index is 2.16. The summed E-state index contributed by atoms with van der Waals surface area (Å²) in [4.78, 5) is 24.6. The Kier molecular flexibility index (Phi) is 7.04. The Morgan fingerprint density at radius 3 is 2.50 bits per heavy atom. The summed E-state index contributed by atoms with van der Waals surface area (Å²) in [6.45, 7) is 5.65. The molecule has 0 radical (unpaired) electrons. The zero-order valence-corrected chi connectivity index (χ0v) is 15.8. The third-order valence-corrected chi connectivity index (χ3v) is 4.17. The van der Waals surface area contributed by atoms with Gasteiger partial charge in [-0.25, -0.2) is 4.79 Å². The molecule has 0 aliphatic heterocycles. The lowest BCUT2D eigenvalue weighted by Gasteiger charge is -2.19. The monoisotopic (exact) mass is 375 g/mol. The molecule has 1 N–H and O–H groups in total. The maximum Gasteiger partial charge on any atom is 0.338 e. The predicted molar refractivity (Wildman–Crippen MR) is 102 cm³/mol. The first kappa shape index (κ1) is 19.8. The van der Waals surface area contributed by atoms with E-state index < -0.39 is 12.1 Å². The molecule has 0 aliphatic rings. The van der Waals surface area contributed by atoms with E-state index in [-0.39, 0.29) is 5.91 Å². The Morgan fingerprint density at radius 2 is 1.85 bits per heavy atom. The van der Waals surface area contributed by atoms with Gasteiger partial charge in [0, 0.05) is 5.69 Å². The molecule has 0 bridgehead atoms. The van der Waals surface area contributed by atoms with Crippen molar-refractivity contribution in [2.24, 2.45) is 0 Å². The Bertz CT molecular complexity index is 791. The standard InChI is InChI=1S/C20H22ClNO4/c1-4-17(26-18-12-7-6-10-15(18)21)19(23)22-16-11-8-9-14(13(16)3)20(24)25-5-2/h6-12,17H,4-5H2,1-3H3,(H,22,23)/t17-/m0/s1. The van der Waals surface area contributed by atoms with Crippen LogP contribution in [0, 0.1) is 6.92 Å². The van der Waals surface area contributed by atoms with Crippen LogP contribution in [0.1, 0.15) is 36.2 Å². The zero-order chi connectivity index (χ0) is 19.1. The average molecular weight is 376 g/mol. The van der Waals surface area contributed by atoms with Crippen LogP contribution in [-0.4, -0.2) is 24.6 Å². The molecule has 0 aliphatic carbocycles. The molecule has 0 fully saturated rings. The molecule has 0 aromatic heterocycles. The highest BCUT2D eigenvalue weighted by molar-refractivity contribution is 6.32. The van der Waals surface area contributed by atoms with Crippen LogP contribution in [0.4, 0.5) is 5.69 Å². The van der Waals surface area contributed by atoms with Gasteiger partial charge in [-0.3, -0.25) is 4.79 Å². The molecule has 2 aromatic carbocycles. The first-order chi connectivity index (χ1) is 12.5. The highest BCUT2D eigenvalue weighted by Gasteiger charge is 2.21. The maximum absolute atomic E-state index is 12.6. The molecule has 0 heterocycles. The van der Waals surface area contributed by atoms with Crippen molar-refractivity contribution in [3.05, 3.63) is 58.6 Å². The van der Waals surface area contributed by atoms with Crippen molar-refractivity contribution in [1.29, 1.82) is 0 Å². The van der Waals surface area contributed by atoms with Crippen LogP contribution in [0.5, 0.6) is 5.75 Å². The van der Waals surface area contributed by atoms with Crippen LogP contribution >= 0.6 is 11.6 Å². The number of anilines is 1. The van der Waals surface area contributed by atoms with Gasteiger partial charge < -0.3 is 14.8 Å². The topological polar surface area (TPSA) is 64.6 Å². The number of amides is 1. The number of benzene rings is 2. The van der Waals surface area contributed by atoms with Gasteiger partial charge in [-0.05, 0) is 50.1 Å². The van der Waals surface area contributed by atoms with Gasteiger partial charge in [-0.15, -0.1) is 0 Å². The number of halogens is 1. The highest BCUT2D eigenvalue weighted by atomic mass is 35.5. The molecule has 1 amide bonds. The van der Waals surface area contributed by atoms with Crippen LogP contribution in [0.15, 0.2) is 42.5 Å². The molecule has 5 nitrogen and oxygen atoms in total. The second-order valence-electron chi connectivity index (χ2n) is 5.63. The Hall–Kier alpha value is -2.53. The SMILES string of the molecule is CCOC(=O)c1cccc(NC(=O)[C@H](CC)Oc2ccccc2Cl)c1C. The number of carbonyl (C=O) groups excluding carboxylic acids is 2. The first-order valence-corrected chi connectivity index (χ1v) is 8.84. The third-order valence-electron chi connectivity index (χ3n) is 3.86. The molecule has 2 aromatic rings. The van der Waals surface area contributed by atoms with Crippen molar-refractivity contribution in [3.8, 4) is 5.75 Å². The number of nitrogens with one attached hydrogen (secondary N) is 1. The van der Waals surface area contributed by atoms with E-state index in [1.54, 1.807) is 56.3 Å². The minimum atomic E-state index is -0.708. The molecule has 1 atom stereocenters. The van der Waals surface area contributed by atoms with Crippen LogP contribution < -0.4 is 10.1 Å². The lowest BCUT2D eigenvalue weighted by Crippen LogP contribution is -2.32. The van der Waals surface area contributed by atoms with E-state index in [4.69, 9.17) is 21.1 Å². The summed E-state index contributed by atoms with van der Waals surface area (Å²) < 4.78 is 10.8. The van der Waals surface area contributed by atoms with E-state index in [1.807, 2.05) is 6.92 Å². The number of carbonyl (C=O) groups is 2. The van der Waals surface area contributed by atoms with Gasteiger partial charge in [0.25, 0.3) is 5.91 Å². The maximum atomic E-state index is 12.6. The van der Waals surface area contributed by atoms with E-state index in [0.717, 1.165) is 0 Å².